The first-order valence-corrected chi connectivity index (χ1v) is 11.1. The molecule has 3 heteroatoms. The third-order valence-electron chi connectivity index (χ3n) is 6.44. The summed E-state index contributed by atoms with van der Waals surface area (Å²) in [4.78, 5) is 0. The average Bonchev–Trinajstić information content (AvgIpc) is 2.71. The Morgan fingerprint density at radius 2 is 0.625 bits per heavy atom. The number of rotatable bonds is 6. The van der Waals surface area contributed by atoms with Gasteiger partial charge in [-0.15, -0.1) is 0 Å². The lowest BCUT2D eigenvalue weighted by molar-refractivity contribution is 0.0781. The van der Waals surface area contributed by atoms with Gasteiger partial charge in [0, 0.05) is 5.41 Å². The van der Waals surface area contributed by atoms with Crippen molar-refractivity contribution in [1.82, 2.24) is 0 Å². The Bertz CT molecular complexity index is 953. The molecule has 0 fully saturated rings. The molecule has 0 aromatic heterocycles. The molecule has 0 heterocycles. The molecular formula is C29H36O3. The van der Waals surface area contributed by atoms with Crippen molar-refractivity contribution in [2.75, 3.05) is 0 Å². The molecule has 0 unspecified atom stereocenters. The van der Waals surface area contributed by atoms with Gasteiger partial charge in [-0.3, -0.25) is 0 Å². The Morgan fingerprint density at radius 1 is 0.406 bits per heavy atom. The van der Waals surface area contributed by atoms with Gasteiger partial charge in [-0.2, -0.15) is 0 Å². The molecule has 0 saturated heterocycles. The van der Waals surface area contributed by atoms with E-state index in [0.717, 1.165) is 33.4 Å². The summed E-state index contributed by atoms with van der Waals surface area (Å²) < 4.78 is 0. The zero-order valence-corrected chi connectivity index (χ0v) is 20.3. The van der Waals surface area contributed by atoms with Crippen LogP contribution in [0, 0.1) is 0 Å². The van der Waals surface area contributed by atoms with Crippen molar-refractivity contribution < 1.29 is 15.3 Å². The van der Waals surface area contributed by atoms with E-state index in [-0.39, 0.29) is 0 Å². The fourth-order valence-electron chi connectivity index (χ4n) is 4.13. The molecule has 0 radical (unpaired) electrons. The van der Waals surface area contributed by atoms with Crippen molar-refractivity contribution in [2.45, 2.75) is 70.7 Å². The Hall–Kier alpha value is -2.46. The molecule has 0 aliphatic rings. The Kier molecular flexibility index (Phi) is 6.16. The van der Waals surface area contributed by atoms with E-state index >= 15 is 0 Å². The highest BCUT2D eigenvalue weighted by atomic mass is 16.3. The summed E-state index contributed by atoms with van der Waals surface area (Å²) in [7, 11) is 0. The van der Waals surface area contributed by atoms with Crippen molar-refractivity contribution in [3.05, 3.63) is 106 Å². The van der Waals surface area contributed by atoms with E-state index in [9.17, 15) is 15.3 Å². The van der Waals surface area contributed by atoms with Crippen LogP contribution < -0.4 is 0 Å². The minimum Gasteiger partial charge on any atom is -0.386 e. The predicted octanol–water partition coefficient (Wildman–Crippen LogP) is 5.72. The Labute approximate surface area is 192 Å². The van der Waals surface area contributed by atoms with Crippen LogP contribution in [0.4, 0.5) is 0 Å². The van der Waals surface area contributed by atoms with Gasteiger partial charge in [-0.25, -0.2) is 0 Å². The van der Waals surface area contributed by atoms with Crippen molar-refractivity contribution in [3.63, 3.8) is 0 Å². The smallest absolute Gasteiger partial charge is 0.0840 e. The number of hydrogen-bond donors (Lipinski definition) is 3. The van der Waals surface area contributed by atoms with E-state index in [0.29, 0.717) is 0 Å². The standard InChI is InChI=1S/C29H36O3/c1-26(2,30)20-11-8-14-23(17-20)29(7,24-15-9-12-21(18-24)27(3,4)31)25-16-10-13-22(19-25)28(5,6)32/h8-19,30-32H,1-7H3. The molecule has 170 valence electrons. The second kappa shape index (κ2) is 8.15. The van der Waals surface area contributed by atoms with Gasteiger partial charge in [0.05, 0.1) is 16.8 Å². The van der Waals surface area contributed by atoms with Gasteiger partial charge in [0.1, 0.15) is 0 Å². The summed E-state index contributed by atoms with van der Waals surface area (Å²) in [5.74, 6) is 0. The summed E-state index contributed by atoms with van der Waals surface area (Å²) in [5, 5.41) is 32.0. The minimum absolute atomic E-state index is 0.580. The Balaban J connectivity index is 2.33. The molecule has 0 aliphatic heterocycles. The molecule has 3 aromatic rings. The van der Waals surface area contributed by atoms with Crippen LogP contribution in [0.5, 0.6) is 0 Å². The van der Waals surface area contributed by atoms with Gasteiger partial charge in [0.15, 0.2) is 0 Å². The summed E-state index contributed by atoms with van der Waals surface area (Å²) >= 11 is 0. The summed E-state index contributed by atoms with van der Waals surface area (Å²) in [5.41, 5.74) is 2.08. The first-order valence-electron chi connectivity index (χ1n) is 11.1. The zero-order valence-electron chi connectivity index (χ0n) is 20.3. The lowest BCUT2D eigenvalue weighted by Crippen LogP contribution is -2.28. The van der Waals surface area contributed by atoms with Gasteiger partial charge in [-0.1, -0.05) is 72.8 Å². The van der Waals surface area contributed by atoms with Gasteiger partial charge < -0.3 is 15.3 Å². The maximum absolute atomic E-state index is 10.7. The molecular weight excluding hydrogens is 396 g/mol. The van der Waals surface area contributed by atoms with Crippen LogP contribution in [-0.2, 0) is 22.2 Å². The van der Waals surface area contributed by atoms with Gasteiger partial charge in [-0.05, 0) is 81.8 Å². The van der Waals surface area contributed by atoms with Crippen LogP contribution in [-0.4, -0.2) is 15.3 Å². The topological polar surface area (TPSA) is 60.7 Å². The molecule has 0 atom stereocenters. The van der Waals surface area contributed by atoms with Crippen LogP contribution in [0.15, 0.2) is 72.8 Å². The summed E-state index contributed by atoms with van der Waals surface area (Å²) in [6.07, 6.45) is 0. The van der Waals surface area contributed by atoms with Crippen LogP contribution in [0.25, 0.3) is 0 Å². The van der Waals surface area contributed by atoms with Crippen molar-refractivity contribution in [1.29, 1.82) is 0 Å². The molecule has 3 N–H and O–H groups in total. The summed E-state index contributed by atoms with van der Waals surface area (Å²) in [6.45, 7) is 12.9. The minimum atomic E-state index is -0.971. The first kappa shape index (κ1) is 24.2. The SMILES string of the molecule is CC(C)(O)c1cccc(C(C)(c2cccc(C(C)(C)O)c2)c2cccc(C(C)(C)O)c2)c1. The van der Waals surface area contributed by atoms with Gasteiger partial charge in [0.25, 0.3) is 0 Å². The quantitative estimate of drug-likeness (QED) is 0.436. The van der Waals surface area contributed by atoms with E-state index in [1.54, 1.807) is 41.5 Å². The van der Waals surface area contributed by atoms with Crippen molar-refractivity contribution in [3.8, 4) is 0 Å². The van der Waals surface area contributed by atoms with Gasteiger partial charge in [0.2, 0.25) is 0 Å². The van der Waals surface area contributed by atoms with E-state index in [2.05, 4.69) is 25.1 Å². The van der Waals surface area contributed by atoms with E-state index < -0.39 is 22.2 Å². The normalized spacial score (nSPS) is 13.3. The Morgan fingerprint density at radius 3 is 0.844 bits per heavy atom. The van der Waals surface area contributed by atoms with Crippen LogP contribution in [0.3, 0.4) is 0 Å². The third kappa shape index (κ3) is 4.80. The van der Waals surface area contributed by atoms with E-state index in [4.69, 9.17) is 0 Å². The second-order valence-corrected chi connectivity index (χ2v) is 10.5. The maximum Gasteiger partial charge on any atom is 0.0840 e. The number of hydrogen-bond acceptors (Lipinski definition) is 3. The van der Waals surface area contributed by atoms with E-state index in [1.165, 1.54) is 0 Å². The van der Waals surface area contributed by atoms with Crippen molar-refractivity contribution in [2.24, 2.45) is 0 Å². The zero-order chi connectivity index (χ0) is 23.9. The molecule has 0 bridgehead atoms. The largest absolute Gasteiger partial charge is 0.386 e. The molecule has 0 amide bonds. The fraction of sp³-hybridized carbons (Fsp3) is 0.379. The third-order valence-corrected chi connectivity index (χ3v) is 6.44. The molecule has 3 aromatic carbocycles. The monoisotopic (exact) mass is 432 g/mol. The predicted molar refractivity (Wildman–Crippen MR) is 131 cm³/mol. The molecule has 32 heavy (non-hydrogen) atoms. The molecule has 0 saturated carbocycles. The first-order chi connectivity index (χ1) is 14.6. The van der Waals surface area contributed by atoms with Crippen LogP contribution in [0.2, 0.25) is 0 Å². The molecule has 0 aliphatic carbocycles. The lowest BCUT2D eigenvalue weighted by Gasteiger charge is -2.35. The van der Waals surface area contributed by atoms with Crippen LogP contribution >= 0.6 is 0 Å². The fourth-order valence-corrected chi connectivity index (χ4v) is 4.13. The average molecular weight is 433 g/mol. The number of aliphatic hydroxyl groups is 3. The molecule has 3 rings (SSSR count). The highest BCUT2D eigenvalue weighted by Crippen LogP contribution is 2.42. The second-order valence-electron chi connectivity index (χ2n) is 10.5. The maximum atomic E-state index is 10.7. The highest BCUT2D eigenvalue weighted by Gasteiger charge is 2.34. The van der Waals surface area contributed by atoms with Crippen molar-refractivity contribution >= 4 is 0 Å². The van der Waals surface area contributed by atoms with Crippen LogP contribution in [0.1, 0.15) is 81.8 Å². The summed E-state index contributed by atoms with van der Waals surface area (Å²) in [6, 6.07) is 24.1. The molecule has 0 spiro atoms. The van der Waals surface area contributed by atoms with E-state index in [1.807, 2.05) is 54.6 Å². The van der Waals surface area contributed by atoms with Gasteiger partial charge >= 0.3 is 0 Å². The highest BCUT2D eigenvalue weighted by molar-refractivity contribution is 5.52. The lowest BCUT2D eigenvalue weighted by atomic mass is 9.69. The molecule has 3 nitrogen and oxygen atoms in total. The number of benzene rings is 3.